The summed E-state index contributed by atoms with van der Waals surface area (Å²) in [6, 6.07) is 19.5. The van der Waals surface area contributed by atoms with Crippen molar-refractivity contribution < 1.29 is 18.0 Å². The minimum Gasteiger partial charge on any atom is -0.352 e. The fourth-order valence-electron chi connectivity index (χ4n) is 5.29. The molecule has 2 amide bonds. The van der Waals surface area contributed by atoms with Crippen LogP contribution in [0.1, 0.15) is 56.6 Å². The summed E-state index contributed by atoms with van der Waals surface area (Å²) in [6.45, 7) is 3.31. The van der Waals surface area contributed by atoms with Crippen molar-refractivity contribution in [2.24, 2.45) is 0 Å². The topological polar surface area (TPSA) is 86.8 Å². The number of anilines is 1. The fraction of sp³-hybridized carbons (Fsp3) is 0.375. The maximum Gasteiger partial charge on any atom is 0.264 e. The zero-order valence-corrected chi connectivity index (χ0v) is 26.3. The number of carbonyl (C=O) groups is 2. The van der Waals surface area contributed by atoms with Crippen LogP contribution < -0.4 is 9.62 Å². The van der Waals surface area contributed by atoms with Crippen molar-refractivity contribution in [2.75, 3.05) is 10.8 Å². The number of nitrogens with one attached hydrogen (secondary N) is 1. The SMILES string of the molecule is CC[C@H](C(=O)NC1CCCCC1)N(Cc1ccccc1)C(=O)CN(c1cc(Cl)cc(Cl)c1)S(=O)(=O)c1ccc(C)cc1. The number of rotatable bonds is 11. The van der Waals surface area contributed by atoms with E-state index in [0.29, 0.717) is 6.42 Å². The van der Waals surface area contributed by atoms with Gasteiger partial charge in [0.25, 0.3) is 10.0 Å². The zero-order valence-electron chi connectivity index (χ0n) is 23.9. The van der Waals surface area contributed by atoms with Gasteiger partial charge in [-0.3, -0.25) is 13.9 Å². The molecule has 0 bridgehead atoms. The van der Waals surface area contributed by atoms with Gasteiger partial charge in [0.1, 0.15) is 12.6 Å². The Hall–Kier alpha value is -3.07. The third kappa shape index (κ3) is 8.06. The van der Waals surface area contributed by atoms with Gasteiger partial charge in [0.2, 0.25) is 11.8 Å². The molecule has 0 radical (unpaired) electrons. The van der Waals surface area contributed by atoms with E-state index < -0.39 is 28.5 Å². The number of hydrogen-bond acceptors (Lipinski definition) is 4. The summed E-state index contributed by atoms with van der Waals surface area (Å²) < 4.78 is 29.0. The number of benzene rings is 3. The second-order valence-corrected chi connectivity index (χ2v) is 13.5. The highest BCUT2D eigenvalue weighted by molar-refractivity contribution is 7.92. The van der Waals surface area contributed by atoms with Crippen molar-refractivity contribution in [2.45, 2.75) is 75.9 Å². The Morgan fingerprint density at radius 3 is 2.14 bits per heavy atom. The summed E-state index contributed by atoms with van der Waals surface area (Å²) in [7, 11) is -4.21. The number of halogens is 2. The van der Waals surface area contributed by atoms with E-state index in [-0.39, 0.29) is 39.1 Å². The Labute approximate surface area is 258 Å². The molecule has 42 heavy (non-hydrogen) atoms. The molecule has 7 nitrogen and oxygen atoms in total. The lowest BCUT2D eigenvalue weighted by Crippen LogP contribution is -2.54. The van der Waals surface area contributed by atoms with E-state index in [1.54, 1.807) is 12.1 Å². The second kappa shape index (κ2) is 14.4. The van der Waals surface area contributed by atoms with Crippen LogP contribution in [0.3, 0.4) is 0 Å². The summed E-state index contributed by atoms with van der Waals surface area (Å²) in [5.41, 5.74) is 1.88. The van der Waals surface area contributed by atoms with Crippen molar-refractivity contribution in [3.05, 3.63) is 94.0 Å². The van der Waals surface area contributed by atoms with Gasteiger partial charge in [0.15, 0.2) is 0 Å². The number of sulfonamides is 1. The average Bonchev–Trinajstić information content (AvgIpc) is 2.96. The molecule has 4 rings (SSSR count). The molecule has 0 unspecified atom stereocenters. The van der Waals surface area contributed by atoms with Gasteiger partial charge in [-0.05, 0) is 62.1 Å². The highest BCUT2D eigenvalue weighted by Gasteiger charge is 2.34. The maximum atomic E-state index is 14.2. The first-order valence-corrected chi connectivity index (χ1v) is 16.5. The van der Waals surface area contributed by atoms with Crippen LogP contribution in [-0.2, 0) is 26.2 Å². The predicted molar refractivity (Wildman–Crippen MR) is 168 cm³/mol. The van der Waals surface area contributed by atoms with Crippen molar-refractivity contribution >= 4 is 50.7 Å². The minimum absolute atomic E-state index is 0.0219. The Balaban J connectivity index is 1.71. The van der Waals surface area contributed by atoms with Gasteiger partial charge in [0.05, 0.1) is 10.6 Å². The largest absolute Gasteiger partial charge is 0.352 e. The number of aryl methyl sites for hydroxylation is 1. The van der Waals surface area contributed by atoms with E-state index in [9.17, 15) is 18.0 Å². The number of hydrogen-bond donors (Lipinski definition) is 1. The Bertz CT molecular complexity index is 1460. The van der Waals surface area contributed by atoms with Crippen LogP contribution in [0.15, 0.2) is 77.7 Å². The van der Waals surface area contributed by atoms with E-state index >= 15 is 0 Å². The fourth-order valence-corrected chi connectivity index (χ4v) is 7.21. The molecule has 1 aliphatic carbocycles. The van der Waals surface area contributed by atoms with Crippen LogP contribution in [0.4, 0.5) is 5.69 Å². The molecule has 0 aliphatic heterocycles. The summed E-state index contributed by atoms with van der Waals surface area (Å²) in [6.07, 6.45) is 5.45. The highest BCUT2D eigenvalue weighted by atomic mass is 35.5. The lowest BCUT2D eigenvalue weighted by molar-refractivity contribution is -0.140. The van der Waals surface area contributed by atoms with Crippen molar-refractivity contribution in [1.29, 1.82) is 0 Å². The van der Waals surface area contributed by atoms with Gasteiger partial charge in [0, 0.05) is 22.6 Å². The highest BCUT2D eigenvalue weighted by Crippen LogP contribution is 2.30. The van der Waals surface area contributed by atoms with Gasteiger partial charge in [-0.15, -0.1) is 0 Å². The van der Waals surface area contributed by atoms with E-state index in [4.69, 9.17) is 23.2 Å². The molecule has 0 saturated heterocycles. The van der Waals surface area contributed by atoms with Crippen LogP contribution >= 0.6 is 23.2 Å². The van der Waals surface area contributed by atoms with Crippen molar-refractivity contribution in [3.63, 3.8) is 0 Å². The third-order valence-corrected chi connectivity index (χ3v) is 9.78. The molecule has 1 saturated carbocycles. The zero-order chi connectivity index (χ0) is 30.3. The van der Waals surface area contributed by atoms with Gasteiger partial charge in [-0.2, -0.15) is 0 Å². The molecule has 10 heteroatoms. The van der Waals surface area contributed by atoms with E-state index in [0.717, 1.165) is 47.5 Å². The quantitative estimate of drug-likeness (QED) is 0.254. The Morgan fingerprint density at radius 2 is 1.55 bits per heavy atom. The molecule has 0 heterocycles. The monoisotopic (exact) mass is 629 g/mol. The number of amides is 2. The van der Waals surface area contributed by atoms with Gasteiger partial charge in [-0.25, -0.2) is 8.42 Å². The molecule has 224 valence electrons. The smallest absolute Gasteiger partial charge is 0.264 e. The van der Waals surface area contributed by atoms with Crippen LogP contribution in [0.5, 0.6) is 0 Å². The molecule has 0 spiro atoms. The molecule has 3 aromatic carbocycles. The first-order valence-electron chi connectivity index (χ1n) is 14.3. The van der Waals surface area contributed by atoms with Crippen molar-refractivity contribution in [1.82, 2.24) is 10.2 Å². The number of nitrogens with zero attached hydrogens (tertiary/aromatic N) is 2. The van der Waals surface area contributed by atoms with E-state index in [2.05, 4.69) is 5.32 Å². The van der Waals surface area contributed by atoms with E-state index in [1.165, 1.54) is 35.2 Å². The molecular weight excluding hydrogens is 593 g/mol. The number of carbonyl (C=O) groups excluding carboxylic acids is 2. The third-order valence-electron chi connectivity index (χ3n) is 7.56. The average molecular weight is 631 g/mol. The molecule has 0 aromatic heterocycles. The van der Waals surface area contributed by atoms with Crippen LogP contribution in [-0.4, -0.2) is 43.8 Å². The van der Waals surface area contributed by atoms with Gasteiger partial charge in [-0.1, -0.05) is 97.4 Å². The molecule has 1 atom stereocenters. The van der Waals surface area contributed by atoms with Gasteiger partial charge < -0.3 is 10.2 Å². The predicted octanol–water partition coefficient (Wildman–Crippen LogP) is 6.75. The first-order chi connectivity index (χ1) is 20.1. The normalized spacial score (nSPS) is 14.7. The standard InChI is InChI=1S/C32H37Cl2N3O4S/c1-3-30(32(39)35-27-12-8-5-9-13-27)36(21-24-10-6-4-7-11-24)31(38)22-37(28-19-25(33)18-26(34)20-28)42(40,41)29-16-14-23(2)15-17-29/h4,6-7,10-11,14-20,27,30H,3,5,8-9,12-13,21-22H2,1-2H3,(H,35,39)/t30-/m1/s1. The lowest BCUT2D eigenvalue weighted by Gasteiger charge is -2.34. The van der Waals surface area contributed by atoms with Gasteiger partial charge >= 0.3 is 0 Å². The Morgan fingerprint density at radius 1 is 0.929 bits per heavy atom. The van der Waals surface area contributed by atoms with E-state index in [1.807, 2.05) is 44.2 Å². The molecule has 1 N–H and O–H groups in total. The van der Waals surface area contributed by atoms with Crippen LogP contribution in [0.2, 0.25) is 10.0 Å². The van der Waals surface area contributed by atoms with Crippen molar-refractivity contribution in [3.8, 4) is 0 Å². The minimum atomic E-state index is -4.21. The summed E-state index contributed by atoms with van der Waals surface area (Å²) >= 11 is 12.5. The molecule has 1 fully saturated rings. The summed E-state index contributed by atoms with van der Waals surface area (Å²) in [5, 5.41) is 3.61. The summed E-state index contributed by atoms with van der Waals surface area (Å²) in [5.74, 6) is -0.747. The molecular formula is C32H37Cl2N3O4S. The molecule has 1 aliphatic rings. The summed E-state index contributed by atoms with van der Waals surface area (Å²) in [4.78, 5) is 29.3. The van der Waals surface area contributed by atoms with Crippen LogP contribution in [0, 0.1) is 6.92 Å². The molecule has 3 aromatic rings. The lowest BCUT2D eigenvalue weighted by atomic mass is 9.95. The first kappa shape index (κ1) is 31.9. The Kier molecular flexibility index (Phi) is 10.9. The maximum absolute atomic E-state index is 14.2. The second-order valence-electron chi connectivity index (χ2n) is 10.7. The van der Waals surface area contributed by atoms with Crippen LogP contribution in [0.25, 0.3) is 0 Å².